The molecular weight excluding hydrogens is 304 g/mol. The fourth-order valence-electron chi connectivity index (χ4n) is 2.47. The Morgan fingerprint density at radius 3 is 2.48 bits per heavy atom. The summed E-state index contributed by atoms with van der Waals surface area (Å²) in [5.74, 6) is 1.18. The molecule has 0 saturated carbocycles. The Kier molecular flexibility index (Phi) is 5.71. The number of thioether (sulfide) groups is 1. The van der Waals surface area contributed by atoms with E-state index in [0.29, 0.717) is 6.54 Å². The lowest BCUT2D eigenvalue weighted by Crippen LogP contribution is -2.37. The van der Waals surface area contributed by atoms with Crippen LogP contribution in [0.1, 0.15) is 30.9 Å². The van der Waals surface area contributed by atoms with Crippen LogP contribution in [0.25, 0.3) is 0 Å². The second-order valence-electron chi connectivity index (χ2n) is 5.83. The second-order valence-corrected chi connectivity index (χ2v) is 9.32. The van der Waals surface area contributed by atoms with Crippen LogP contribution in [0.5, 0.6) is 0 Å². The van der Waals surface area contributed by atoms with Crippen molar-refractivity contribution in [3.8, 4) is 0 Å². The Balaban J connectivity index is 1.90. The minimum Gasteiger partial charge on any atom is -0.316 e. The third-order valence-corrected chi connectivity index (χ3v) is 6.56. The van der Waals surface area contributed by atoms with E-state index in [1.54, 1.807) is 0 Å². The van der Waals surface area contributed by atoms with Crippen LogP contribution in [0.15, 0.2) is 24.3 Å². The smallest absolute Gasteiger partial charge is 0.215 e. The average molecular weight is 329 g/mol. The quantitative estimate of drug-likeness (QED) is 0.805. The molecule has 4 nitrogen and oxygen atoms in total. The normalized spacial score (nSPS) is 22.6. The van der Waals surface area contributed by atoms with Crippen LogP contribution in [-0.4, -0.2) is 32.5 Å². The molecule has 1 fully saturated rings. The molecule has 118 valence electrons. The zero-order chi connectivity index (χ0) is 15.3. The van der Waals surface area contributed by atoms with Crippen molar-refractivity contribution in [1.82, 2.24) is 10.0 Å². The van der Waals surface area contributed by atoms with Gasteiger partial charge in [-0.15, -0.1) is 0 Å². The molecule has 1 aliphatic heterocycles. The molecule has 1 aromatic rings. The van der Waals surface area contributed by atoms with E-state index >= 15 is 0 Å². The molecule has 0 amide bonds. The van der Waals surface area contributed by atoms with E-state index in [0.717, 1.165) is 29.8 Å². The van der Waals surface area contributed by atoms with Crippen LogP contribution in [0, 0.1) is 0 Å². The summed E-state index contributed by atoms with van der Waals surface area (Å²) in [6.45, 7) is 3.46. The summed E-state index contributed by atoms with van der Waals surface area (Å²) in [4.78, 5) is 0. The maximum atomic E-state index is 12.2. The van der Waals surface area contributed by atoms with Gasteiger partial charge in [0.2, 0.25) is 10.0 Å². The number of hydrogen-bond donors (Lipinski definition) is 2. The highest BCUT2D eigenvalue weighted by Crippen LogP contribution is 2.37. The van der Waals surface area contributed by atoms with E-state index in [-0.39, 0.29) is 10.5 Å². The predicted molar refractivity (Wildman–Crippen MR) is 89.9 cm³/mol. The minimum atomic E-state index is -3.26. The van der Waals surface area contributed by atoms with Crippen molar-refractivity contribution in [2.45, 2.75) is 36.8 Å². The SMILES string of the molecule is CNCc1ccc(CS(=O)(=O)NCC2(C)CCCS2)cc1. The molecule has 1 aliphatic rings. The summed E-state index contributed by atoms with van der Waals surface area (Å²) in [5, 5.41) is 3.07. The van der Waals surface area contributed by atoms with Crippen LogP contribution in [0.4, 0.5) is 0 Å². The Hall–Kier alpha value is -0.560. The number of sulfonamides is 1. The van der Waals surface area contributed by atoms with Gasteiger partial charge in [0.15, 0.2) is 0 Å². The monoisotopic (exact) mass is 328 g/mol. The van der Waals surface area contributed by atoms with Gasteiger partial charge >= 0.3 is 0 Å². The molecule has 1 heterocycles. The van der Waals surface area contributed by atoms with Crippen LogP contribution in [0.2, 0.25) is 0 Å². The second kappa shape index (κ2) is 7.13. The van der Waals surface area contributed by atoms with Crippen molar-refractivity contribution >= 4 is 21.8 Å². The van der Waals surface area contributed by atoms with Crippen LogP contribution in [0.3, 0.4) is 0 Å². The largest absolute Gasteiger partial charge is 0.316 e. The third kappa shape index (κ3) is 5.29. The van der Waals surface area contributed by atoms with Gasteiger partial charge in [-0.3, -0.25) is 0 Å². The van der Waals surface area contributed by atoms with Gasteiger partial charge in [0.05, 0.1) is 5.75 Å². The van der Waals surface area contributed by atoms with Crippen LogP contribution >= 0.6 is 11.8 Å². The molecule has 6 heteroatoms. The highest BCUT2D eigenvalue weighted by molar-refractivity contribution is 8.01. The summed E-state index contributed by atoms with van der Waals surface area (Å²) in [5.41, 5.74) is 1.98. The lowest BCUT2D eigenvalue weighted by Gasteiger charge is -2.22. The summed E-state index contributed by atoms with van der Waals surface area (Å²) < 4.78 is 27.2. The molecule has 1 saturated heterocycles. The molecular formula is C15H24N2O2S2. The lowest BCUT2D eigenvalue weighted by molar-refractivity contribution is 0.552. The minimum absolute atomic E-state index is 0.0492. The molecule has 1 aromatic carbocycles. The highest BCUT2D eigenvalue weighted by Gasteiger charge is 2.30. The zero-order valence-corrected chi connectivity index (χ0v) is 14.3. The first-order valence-corrected chi connectivity index (χ1v) is 9.90. The van der Waals surface area contributed by atoms with Crippen molar-refractivity contribution in [3.05, 3.63) is 35.4 Å². The molecule has 1 atom stereocenters. The molecule has 0 spiro atoms. The number of benzene rings is 1. The van der Waals surface area contributed by atoms with Gasteiger partial charge in [-0.05, 0) is 43.7 Å². The fourth-order valence-corrected chi connectivity index (χ4v) is 5.07. The summed E-state index contributed by atoms with van der Waals surface area (Å²) in [6, 6.07) is 7.71. The van der Waals surface area contributed by atoms with Crippen LogP contribution < -0.4 is 10.0 Å². The van der Waals surface area contributed by atoms with Gasteiger partial charge in [0.25, 0.3) is 0 Å². The summed E-state index contributed by atoms with van der Waals surface area (Å²) in [7, 11) is -1.37. The molecule has 0 radical (unpaired) electrons. The first-order valence-electron chi connectivity index (χ1n) is 7.26. The number of rotatable bonds is 7. The zero-order valence-electron chi connectivity index (χ0n) is 12.7. The van der Waals surface area contributed by atoms with Crippen molar-refractivity contribution in [1.29, 1.82) is 0 Å². The van der Waals surface area contributed by atoms with Gasteiger partial charge in [0.1, 0.15) is 0 Å². The summed E-state index contributed by atoms with van der Waals surface area (Å²) >= 11 is 1.87. The van der Waals surface area contributed by atoms with Gasteiger partial charge in [-0.1, -0.05) is 24.3 Å². The molecule has 21 heavy (non-hydrogen) atoms. The average Bonchev–Trinajstić information content (AvgIpc) is 2.87. The standard InChI is InChI=1S/C15H24N2O2S2/c1-15(8-3-9-20-15)12-17-21(18,19)11-14-6-4-13(5-7-14)10-16-2/h4-7,16-17H,3,8-12H2,1-2H3. The van der Waals surface area contributed by atoms with Gasteiger partial charge in [-0.25, -0.2) is 13.1 Å². The summed E-state index contributed by atoms with van der Waals surface area (Å²) in [6.07, 6.45) is 2.26. The van der Waals surface area contributed by atoms with Crippen molar-refractivity contribution in [2.24, 2.45) is 0 Å². The van der Waals surface area contributed by atoms with Gasteiger partial charge in [0, 0.05) is 17.8 Å². The molecule has 2 N–H and O–H groups in total. The van der Waals surface area contributed by atoms with Crippen LogP contribution in [-0.2, 0) is 22.3 Å². The van der Waals surface area contributed by atoms with E-state index in [9.17, 15) is 8.42 Å². The number of hydrogen-bond acceptors (Lipinski definition) is 4. The Morgan fingerprint density at radius 2 is 1.90 bits per heavy atom. The maximum Gasteiger partial charge on any atom is 0.215 e. The molecule has 0 aromatic heterocycles. The molecule has 2 rings (SSSR count). The highest BCUT2D eigenvalue weighted by atomic mass is 32.2. The number of nitrogens with one attached hydrogen (secondary N) is 2. The Bertz CT molecular complexity index is 550. The van der Waals surface area contributed by atoms with Gasteiger partial charge in [-0.2, -0.15) is 11.8 Å². The van der Waals surface area contributed by atoms with E-state index in [2.05, 4.69) is 17.0 Å². The third-order valence-electron chi connectivity index (χ3n) is 3.73. The van der Waals surface area contributed by atoms with E-state index in [1.807, 2.05) is 43.1 Å². The lowest BCUT2D eigenvalue weighted by atomic mass is 10.1. The molecule has 1 unspecified atom stereocenters. The fraction of sp³-hybridized carbons (Fsp3) is 0.600. The topological polar surface area (TPSA) is 58.2 Å². The van der Waals surface area contributed by atoms with E-state index in [1.165, 1.54) is 6.42 Å². The van der Waals surface area contributed by atoms with E-state index < -0.39 is 10.0 Å². The van der Waals surface area contributed by atoms with Gasteiger partial charge < -0.3 is 5.32 Å². The first-order chi connectivity index (χ1) is 9.92. The van der Waals surface area contributed by atoms with Crippen molar-refractivity contribution in [3.63, 3.8) is 0 Å². The maximum absolute atomic E-state index is 12.2. The molecule has 0 bridgehead atoms. The predicted octanol–water partition coefficient (Wildman–Crippen LogP) is 2.11. The first kappa shape index (κ1) is 16.8. The van der Waals surface area contributed by atoms with Crippen molar-refractivity contribution in [2.75, 3.05) is 19.3 Å². The molecule has 0 aliphatic carbocycles. The Morgan fingerprint density at radius 1 is 1.24 bits per heavy atom. The Labute approximate surface area is 132 Å². The van der Waals surface area contributed by atoms with E-state index in [4.69, 9.17) is 0 Å². The van der Waals surface area contributed by atoms with Crippen molar-refractivity contribution < 1.29 is 8.42 Å².